The number of amides is 1. The van der Waals surface area contributed by atoms with E-state index in [4.69, 9.17) is 16.3 Å². The highest BCUT2D eigenvalue weighted by molar-refractivity contribution is 7.99. The summed E-state index contributed by atoms with van der Waals surface area (Å²) in [6, 6.07) is 12.3. The Balaban J connectivity index is 1.36. The molecule has 1 amide bonds. The van der Waals surface area contributed by atoms with E-state index < -0.39 is 0 Å². The molecule has 0 saturated carbocycles. The first-order valence-corrected chi connectivity index (χ1v) is 13.3. The van der Waals surface area contributed by atoms with E-state index >= 15 is 0 Å². The van der Waals surface area contributed by atoms with Crippen molar-refractivity contribution in [1.29, 1.82) is 0 Å². The van der Waals surface area contributed by atoms with Crippen molar-refractivity contribution in [3.8, 4) is 0 Å². The van der Waals surface area contributed by atoms with Crippen LogP contribution in [0.1, 0.15) is 19.3 Å². The molecule has 0 spiro atoms. The summed E-state index contributed by atoms with van der Waals surface area (Å²) in [6.07, 6.45) is 2.07. The third-order valence-corrected chi connectivity index (χ3v) is 7.84. The molecule has 0 N–H and O–H groups in total. The maximum atomic E-state index is 13.7. The second-order valence-electron chi connectivity index (χ2n) is 7.87. The average Bonchev–Trinajstić information content (AvgIpc) is 3.24. The van der Waals surface area contributed by atoms with Crippen LogP contribution in [-0.4, -0.2) is 60.9 Å². The molecule has 0 aliphatic carbocycles. The molecule has 2 heterocycles. The van der Waals surface area contributed by atoms with Crippen LogP contribution in [-0.2, 0) is 9.53 Å². The van der Waals surface area contributed by atoms with Crippen LogP contribution in [0.3, 0.4) is 0 Å². The van der Waals surface area contributed by atoms with Crippen LogP contribution in [0.4, 0.5) is 9.52 Å². The number of hydrogen-bond donors (Lipinski definition) is 0. The summed E-state index contributed by atoms with van der Waals surface area (Å²) in [5, 5.41) is 1.37. The van der Waals surface area contributed by atoms with E-state index in [0.29, 0.717) is 18.1 Å². The first kappa shape index (κ1) is 24.4. The molecule has 1 saturated heterocycles. The number of benzene rings is 2. The van der Waals surface area contributed by atoms with E-state index in [1.165, 1.54) is 23.5 Å². The van der Waals surface area contributed by atoms with Crippen molar-refractivity contribution in [2.75, 3.05) is 50.0 Å². The second kappa shape index (κ2) is 12.1. The fraction of sp³-hybridized carbons (Fsp3) is 0.417. The molecule has 0 bridgehead atoms. The van der Waals surface area contributed by atoms with Gasteiger partial charge >= 0.3 is 0 Å². The van der Waals surface area contributed by atoms with Gasteiger partial charge in [-0.05, 0) is 61.1 Å². The summed E-state index contributed by atoms with van der Waals surface area (Å²) < 4.78 is 19.8. The van der Waals surface area contributed by atoms with Crippen LogP contribution in [0, 0.1) is 5.82 Å². The maximum absolute atomic E-state index is 13.7. The highest BCUT2D eigenvalue weighted by Gasteiger charge is 2.20. The minimum absolute atomic E-state index is 0.0632. The molecule has 1 aliphatic heterocycles. The van der Waals surface area contributed by atoms with Gasteiger partial charge in [0.05, 0.1) is 23.4 Å². The molecule has 9 heteroatoms. The summed E-state index contributed by atoms with van der Waals surface area (Å²) in [5.41, 5.74) is 0.723. The van der Waals surface area contributed by atoms with Gasteiger partial charge in [-0.2, -0.15) is 0 Å². The van der Waals surface area contributed by atoms with Crippen LogP contribution in [0.2, 0.25) is 5.02 Å². The molecule has 1 fully saturated rings. The number of rotatable bonds is 10. The number of fused-ring (bicyclic) bond motifs is 1. The molecule has 5 nitrogen and oxygen atoms in total. The first-order valence-electron chi connectivity index (χ1n) is 11.1. The Hall–Kier alpha value is -1.71. The lowest BCUT2D eigenvalue weighted by Crippen LogP contribution is -2.39. The zero-order valence-corrected chi connectivity index (χ0v) is 20.7. The van der Waals surface area contributed by atoms with Crippen molar-refractivity contribution >= 4 is 56.0 Å². The number of thioether (sulfide) groups is 1. The molecule has 176 valence electrons. The van der Waals surface area contributed by atoms with Gasteiger partial charge in [-0.25, -0.2) is 9.37 Å². The number of anilines is 1. The Kier molecular flexibility index (Phi) is 8.97. The minimum Gasteiger partial charge on any atom is -0.379 e. The number of aromatic nitrogens is 1. The predicted molar refractivity (Wildman–Crippen MR) is 135 cm³/mol. The number of hydrogen-bond acceptors (Lipinski definition) is 6. The highest BCUT2D eigenvalue weighted by Crippen LogP contribution is 2.30. The quantitative estimate of drug-likeness (QED) is 0.259. The van der Waals surface area contributed by atoms with Gasteiger partial charge in [0.2, 0.25) is 5.91 Å². The fourth-order valence-electron chi connectivity index (χ4n) is 3.69. The molecule has 4 rings (SSSR count). The Morgan fingerprint density at radius 1 is 1.18 bits per heavy atom. The number of nitrogens with zero attached hydrogens (tertiary/aromatic N) is 3. The van der Waals surface area contributed by atoms with E-state index in [9.17, 15) is 9.18 Å². The van der Waals surface area contributed by atoms with Crippen molar-refractivity contribution in [2.24, 2.45) is 0 Å². The highest BCUT2D eigenvalue weighted by atomic mass is 35.5. The van der Waals surface area contributed by atoms with E-state index in [1.54, 1.807) is 22.7 Å². The zero-order chi connectivity index (χ0) is 23.0. The maximum Gasteiger partial charge on any atom is 0.228 e. The number of halogens is 2. The van der Waals surface area contributed by atoms with Gasteiger partial charge in [0, 0.05) is 42.5 Å². The van der Waals surface area contributed by atoms with Crippen molar-refractivity contribution in [2.45, 2.75) is 24.2 Å². The molecule has 33 heavy (non-hydrogen) atoms. The standard InChI is InChI=1S/C24H27ClFN3O2S2/c25-18-4-7-20(8-5-18)32-16-1-3-23(30)29(11-2-10-28-12-14-31-15-13-28)24-27-21-9-6-19(26)17-22(21)33-24/h4-9,17H,1-3,10-16H2. The molecule has 2 aromatic carbocycles. The second-order valence-corrected chi connectivity index (χ2v) is 10.5. The van der Waals surface area contributed by atoms with E-state index in [2.05, 4.69) is 9.88 Å². The molecule has 0 atom stereocenters. The van der Waals surface area contributed by atoms with Crippen molar-refractivity contribution in [1.82, 2.24) is 9.88 Å². The monoisotopic (exact) mass is 507 g/mol. The Morgan fingerprint density at radius 2 is 1.97 bits per heavy atom. The molecule has 1 aliphatic rings. The van der Waals surface area contributed by atoms with E-state index in [-0.39, 0.29) is 11.7 Å². The van der Waals surface area contributed by atoms with E-state index in [0.717, 1.165) is 71.6 Å². The largest absolute Gasteiger partial charge is 0.379 e. The van der Waals surface area contributed by atoms with Crippen LogP contribution >= 0.6 is 34.7 Å². The van der Waals surface area contributed by atoms with E-state index in [1.807, 2.05) is 24.3 Å². The van der Waals surface area contributed by atoms with Gasteiger partial charge < -0.3 is 4.74 Å². The SMILES string of the molecule is O=C(CCCSc1ccc(Cl)cc1)N(CCCN1CCOCC1)c1nc2ccc(F)cc2s1. The topological polar surface area (TPSA) is 45.7 Å². The van der Waals surface area contributed by atoms with Crippen LogP contribution in [0.5, 0.6) is 0 Å². The van der Waals surface area contributed by atoms with Gasteiger partial charge in [-0.3, -0.25) is 14.6 Å². The lowest BCUT2D eigenvalue weighted by atomic mass is 10.2. The number of morpholine rings is 1. The summed E-state index contributed by atoms with van der Waals surface area (Å²) in [6.45, 7) is 4.89. The number of carbonyl (C=O) groups excluding carboxylic acids is 1. The lowest BCUT2D eigenvalue weighted by molar-refractivity contribution is -0.118. The molecule has 1 aromatic heterocycles. The summed E-state index contributed by atoms with van der Waals surface area (Å²) >= 11 is 9.03. The zero-order valence-electron chi connectivity index (χ0n) is 18.3. The molecule has 0 radical (unpaired) electrons. The average molecular weight is 508 g/mol. The molecule has 3 aromatic rings. The van der Waals surface area contributed by atoms with Crippen molar-refractivity contribution in [3.63, 3.8) is 0 Å². The Labute approximate surface area is 206 Å². The Morgan fingerprint density at radius 3 is 2.76 bits per heavy atom. The smallest absolute Gasteiger partial charge is 0.228 e. The summed E-state index contributed by atoms with van der Waals surface area (Å²) in [5.74, 6) is 0.621. The molecular formula is C24H27ClFN3O2S2. The van der Waals surface area contributed by atoms with Gasteiger partial charge in [0.25, 0.3) is 0 Å². The van der Waals surface area contributed by atoms with Crippen molar-refractivity contribution in [3.05, 3.63) is 53.3 Å². The third kappa shape index (κ3) is 7.13. The van der Waals surface area contributed by atoms with Crippen LogP contribution in [0.25, 0.3) is 10.2 Å². The number of ether oxygens (including phenoxy) is 1. The van der Waals surface area contributed by atoms with Crippen LogP contribution in [0.15, 0.2) is 47.4 Å². The number of thiazole rings is 1. The lowest BCUT2D eigenvalue weighted by Gasteiger charge is -2.27. The molecule has 0 unspecified atom stereocenters. The van der Waals surface area contributed by atoms with Crippen LogP contribution < -0.4 is 4.90 Å². The van der Waals surface area contributed by atoms with Gasteiger partial charge in [-0.1, -0.05) is 22.9 Å². The first-order chi connectivity index (χ1) is 16.1. The predicted octanol–water partition coefficient (Wildman–Crippen LogP) is 5.72. The Bertz CT molecular complexity index is 1060. The minimum atomic E-state index is -0.290. The third-order valence-electron chi connectivity index (χ3n) is 5.45. The molecular weight excluding hydrogens is 481 g/mol. The van der Waals surface area contributed by atoms with Gasteiger partial charge in [0.15, 0.2) is 5.13 Å². The van der Waals surface area contributed by atoms with Crippen molar-refractivity contribution < 1.29 is 13.9 Å². The summed E-state index contributed by atoms with van der Waals surface area (Å²) in [7, 11) is 0. The summed E-state index contributed by atoms with van der Waals surface area (Å²) in [4.78, 5) is 23.1. The fourth-order valence-corrected chi connectivity index (χ4v) is 5.70. The van der Waals surface area contributed by atoms with Gasteiger partial charge in [-0.15, -0.1) is 11.8 Å². The number of carbonyl (C=O) groups is 1. The normalized spacial score (nSPS) is 14.6. The van der Waals surface area contributed by atoms with Gasteiger partial charge in [0.1, 0.15) is 5.82 Å².